The number of halogens is 1. The van der Waals surface area contributed by atoms with E-state index in [1.54, 1.807) is 6.20 Å². The maximum absolute atomic E-state index is 9.64. The molecule has 1 aromatic carbocycles. The zero-order valence-corrected chi connectivity index (χ0v) is 17.7. The van der Waals surface area contributed by atoms with Crippen LogP contribution in [0.15, 0.2) is 60.9 Å². The Balaban J connectivity index is 1.46. The summed E-state index contributed by atoms with van der Waals surface area (Å²) in [7, 11) is 0. The van der Waals surface area contributed by atoms with Gasteiger partial charge >= 0.3 is 0 Å². The molecule has 1 aliphatic rings. The van der Waals surface area contributed by atoms with Gasteiger partial charge in [0.25, 0.3) is 0 Å². The van der Waals surface area contributed by atoms with Gasteiger partial charge in [0.05, 0.1) is 35.6 Å². The summed E-state index contributed by atoms with van der Waals surface area (Å²) < 4.78 is 2.00. The Morgan fingerprint density at radius 3 is 2.81 bits per heavy atom. The minimum absolute atomic E-state index is 0.119. The van der Waals surface area contributed by atoms with E-state index in [9.17, 15) is 5.11 Å². The van der Waals surface area contributed by atoms with E-state index in [2.05, 4.69) is 20.2 Å². The maximum Gasteiger partial charge on any atom is 0.224 e. The summed E-state index contributed by atoms with van der Waals surface area (Å²) in [5.74, 6) is 1.37. The molecular weight excluding hydrogens is 412 g/mol. The van der Waals surface area contributed by atoms with Gasteiger partial charge in [-0.15, -0.1) is 0 Å². The number of imidazole rings is 1. The lowest BCUT2D eigenvalue weighted by atomic mass is 10.1. The quantitative estimate of drug-likeness (QED) is 0.477. The maximum atomic E-state index is 9.64. The van der Waals surface area contributed by atoms with Gasteiger partial charge in [-0.2, -0.15) is 4.98 Å². The molecule has 0 bridgehead atoms. The fraction of sp³-hybridized carbons (Fsp3) is 0.261. The van der Waals surface area contributed by atoms with E-state index in [1.165, 1.54) is 0 Å². The second-order valence-corrected chi connectivity index (χ2v) is 8.05. The van der Waals surface area contributed by atoms with Gasteiger partial charge in [-0.1, -0.05) is 41.9 Å². The highest BCUT2D eigenvalue weighted by Gasteiger charge is 2.25. The number of aliphatic hydroxyl groups is 1. The fourth-order valence-corrected chi connectivity index (χ4v) is 4.31. The molecule has 3 aromatic heterocycles. The molecule has 0 amide bonds. The van der Waals surface area contributed by atoms with Gasteiger partial charge in [0, 0.05) is 24.5 Å². The average Bonchev–Trinajstić information content (AvgIpc) is 3.43. The van der Waals surface area contributed by atoms with Crippen molar-refractivity contribution in [3.63, 3.8) is 0 Å². The van der Waals surface area contributed by atoms with Crippen molar-refractivity contribution in [2.45, 2.75) is 25.4 Å². The molecule has 0 aliphatic carbocycles. The third kappa shape index (κ3) is 3.94. The molecule has 1 aliphatic heterocycles. The van der Waals surface area contributed by atoms with Gasteiger partial charge in [0.1, 0.15) is 11.5 Å². The lowest BCUT2D eigenvalue weighted by molar-refractivity contribution is 0.266. The molecule has 5 rings (SSSR count). The molecular formula is C23H23ClN6O. The molecule has 1 unspecified atom stereocenters. The van der Waals surface area contributed by atoms with E-state index < -0.39 is 0 Å². The van der Waals surface area contributed by atoms with Crippen molar-refractivity contribution in [2.24, 2.45) is 0 Å². The van der Waals surface area contributed by atoms with Crippen LogP contribution in [0.5, 0.6) is 0 Å². The molecule has 4 heterocycles. The van der Waals surface area contributed by atoms with Crippen LogP contribution < -0.4 is 10.2 Å². The van der Waals surface area contributed by atoms with E-state index in [0.717, 1.165) is 47.8 Å². The summed E-state index contributed by atoms with van der Waals surface area (Å²) in [6.07, 6.45) is 5.66. The van der Waals surface area contributed by atoms with Crippen LogP contribution in [0.1, 0.15) is 18.5 Å². The van der Waals surface area contributed by atoms with Crippen molar-refractivity contribution in [3.05, 3.63) is 71.6 Å². The number of fused-ring (bicyclic) bond motifs is 1. The number of rotatable bonds is 6. The van der Waals surface area contributed by atoms with Crippen LogP contribution in [-0.2, 0) is 6.54 Å². The SMILES string of the molecule is OCC1CCCN1c1ccnc(NCc2c(-c3ccccc3)nc3ccc(Cl)cn23)n1. The Hall–Kier alpha value is -3.16. The second kappa shape index (κ2) is 8.53. The summed E-state index contributed by atoms with van der Waals surface area (Å²) in [6.45, 7) is 1.51. The van der Waals surface area contributed by atoms with Gasteiger partial charge in [-0.05, 0) is 31.0 Å². The van der Waals surface area contributed by atoms with Crippen LogP contribution in [0.2, 0.25) is 5.02 Å². The third-order valence-electron chi connectivity index (χ3n) is 5.67. The summed E-state index contributed by atoms with van der Waals surface area (Å²) in [6, 6.07) is 15.9. The standard InChI is InChI=1S/C23H23ClN6O/c24-17-8-9-20-27-22(16-5-2-1-3-6-16)19(30(20)14-17)13-26-23-25-11-10-21(28-23)29-12-4-7-18(29)15-31/h1-3,5-6,8-11,14,18,31H,4,7,12-13,15H2,(H,25,26,28). The van der Waals surface area contributed by atoms with Gasteiger partial charge < -0.3 is 19.7 Å². The first-order chi connectivity index (χ1) is 15.2. The molecule has 7 nitrogen and oxygen atoms in total. The lowest BCUT2D eigenvalue weighted by Crippen LogP contribution is -2.32. The van der Waals surface area contributed by atoms with Crippen molar-refractivity contribution in [1.29, 1.82) is 0 Å². The normalized spacial score (nSPS) is 16.2. The van der Waals surface area contributed by atoms with E-state index >= 15 is 0 Å². The monoisotopic (exact) mass is 434 g/mol. The first-order valence-corrected chi connectivity index (χ1v) is 10.8. The van der Waals surface area contributed by atoms with Crippen molar-refractivity contribution in [2.75, 3.05) is 23.4 Å². The smallest absolute Gasteiger partial charge is 0.224 e. The number of nitrogens with one attached hydrogen (secondary N) is 1. The van der Waals surface area contributed by atoms with Crippen molar-refractivity contribution in [3.8, 4) is 11.3 Å². The predicted octanol–water partition coefficient (Wildman–Crippen LogP) is 4.02. The van der Waals surface area contributed by atoms with Crippen molar-refractivity contribution >= 4 is 29.0 Å². The van der Waals surface area contributed by atoms with Crippen LogP contribution in [0.25, 0.3) is 16.9 Å². The van der Waals surface area contributed by atoms with Gasteiger partial charge in [0.15, 0.2) is 0 Å². The van der Waals surface area contributed by atoms with Crippen LogP contribution in [0.3, 0.4) is 0 Å². The Bertz CT molecular complexity index is 1200. The van der Waals surface area contributed by atoms with E-state index in [-0.39, 0.29) is 12.6 Å². The third-order valence-corrected chi connectivity index (χ3v) is 5.89. The van der Waals surface area contributed by atoms with E-state index in [4.69, 9.17) is 16.6 Å². The topological polar surface area (TPSA) is 78.6 Å². The number of pyridine rings is 1. The minimum Gasteiger partial charge on any atom is -0.394 e. The second-order valence-electron chi connectivity index (χ2n) is 7.61. The van der Waals surface area contributed by atoms with E-state index in [1.807, 2.05) is 59.1 Å². The van der Waals surface area contributed by atoms with E-state index in [0.29, 0.717) is 17.5 Å². The molecule has 31 heavy (non-hydrogen) atoms. The first kappa shape index (κ1) is 19.8. The molecule has 2 N–H and O–H groups in total. The van der Waals surface area contributed by atoms with Gasteiger partial charge in [-0.3, -0.25) is 0 Å². The Morgan fingerprint density at radius 2 is 1.97 bits per heavy atom. The molecule has 1 fully saturated rings. The number of nitrogens with zero attached hydrogens (tertiary/aromatic N) is 5. The van der Waals surface area contributed by atoms with Crippen LogP contribution >= 0.6 is 11.6 Å². The molecule has 4 aromatic rings. The van der Waals surface area contributed by atoms with Gasteiger partial charge in [-0.25, -0.2) is 9.97 Å². The number of aliphatic hydroxyl groups excluding tert-OH is 1. The summed E-state index contributed by atoms with van der Waals surface area (Å²) in [5.41, 5.74) is 3.74. The minimum atomic E-state index is 0.119. The Kier molecular flexibility index (Phi) is 5.44. The Labute approximate surface area is 185 Å². The predicted molar refractivity (Wildman–Crippen MR) is 122 cm³/mol. The number of anilines is 2. The number of benzene rings is 1. The van der Waals surface area contributed by atoms with Crippen LogP contribution in [0, 0.1) is 0 Å². The molecule has 1 saturated heterocycles. The average molecular weight is 435 g/mol. The zero-order chi connectivity index (χ0) is 21.2. The van der Waals surface area contributed by atoms with Crippen LogP contribution in [-0.4, -0.2) is 43.7 Å². The molecule has 8 heteroatoms. The Morgan fingerprint density at radius 1 is 1.10 bits per heavy atom. The fourth-order valence-electron chi connectivity index (χ4n) is 4.15. The molecule has 0 radical (unpaired) electrons. The summed E-state index contributed by atoms with van der Waals surface area (Å²) >= 11 is 6.26. The lowest BCUT2D eigenvalue weighted by Gasteiger charge is -2.24. The molecule has 158 valence electrons. The van der Waals surface area contributed by atoms with Crippen molar-refractivity contribution in [1.82, 2.24) is 19.4 Å². The highest BCUT2D eigenvalue weighted by molar-refractivity contribution is 6.30. The molecule has 1 atom stereocenters. The first-order valence-electron chi connectivity index (χ1n) is 10.4. The zero-order valence-electron chi connectivity index (χ0n) is 16.9. The van der Waals surface area contributed by atoms with Crippen molar-refractivity contribution < 1.29 is 5.11 Å². The number of hydrogen-bond acceptors (Lipinski definition) is 6. The summed E-state index contributed by atoms with van der Waals surface area (Å²) in [5, 5.41) is 13.6. The summed E-state index contributed by atoms with van der Waals surface area (Å²) in [4.78, 5) is 16.1. The highest BCUT2D eigenvalue weighted by Crippen LogP contribution is 2.27. The van der Waals surface area contributed by atoms with Gasteiger partial charge in [0.2, 0.25) is 5.95 Å². The number of hydrogen-bond donors (Lipinski definition) is 2. The highest BCUT2D eigenvalue weighted by atomic mass is 35.5. The number of aromatic nitrogens is 4. The largest absolute Gasteiger partial charge is 0.394 e. The molecule has 0 saturated carbocycles. The molecule has 0 spiro atoms. The van der Waals surface area contributed by atoms with Crippen LogP contribution in [0.4, 0.5) is 11.8 Å².